The predicted octanol–water partition coefficient (Wildman–Crippen LogP) is 2.63. The number of hydrogen-bond acceptors (Lipinski definition) is 1. The summed E-state index contributed by atoms with van der Waals surface area (Å²) in [5.74, 6) is 1.55. The maximum absolute atomic E-state index is 4.01. The number of hydrogen-bond donors (Lipinski definition) is 1. The lowest BCUT2D eigenvalue weighted by molar-refractivity contribution is 0.368. The van der Waals surface area contributed by atoms with E-state index in [1.165, 1.54) is 12.1 Å². The van der Waals surface area contributed by atoms with E-state index in [2.05, 4.69) is 30.7 Å². The third-order valence-corrected chi connectivity index (χ3v) is 2.50. The van der Waals surface area contributed by atoms with Crippen LogP contribution in [0.5, 0.6) is 0 Å². The van der Waals surface area contributed by atoms with Crippen LogP contribution >= 0.6 is 0 Å². The summed E-state index contributed by atoms with van der Waals surface area (Å²) in [4.78, 5) is 7.16. The molecule has 12 heavy (non-hydrogen) atoms. The second kappa shape index (κ2) is 4.29. The van der Waals surface area contributed by atoms with Crippen LogP contribution in [0.15, 0.2) is 12.5 Å². The van der Waals surface area contributed by atoms with Crippen LogP contribution in [-0.2, 0) is 6.42 Å². The quantitative estimate of drug-likeness (QED) is 0.731. The van der Waals surface area contributed by atoms with Crippen LogP contribution in [0.2, 0.25) is 0 Å². The van der Waals surface area contributed by atoms with E-state index >= 15 is 0 Å². The normalized spacial score (nSPS) is 13.7. The molecule has 0 fully saturated rings. The van der Waals surface area contributed by atoms with E-state index in [1.807, 2.05) is 6.20 Å². The van der Waals surface area contributed by atoms with Crippen LogP contribution in [-0.4, -0.2) is 9.97 Å². The molecule has 68 valence electrons. The first kappa shape index (κ1) is 9.30. The van der Waals surface area contributed by atoms with Crippen LogP contribution in [0.4, 0.5) is 0 Å². The summed E-state index contributed by atoms with van der Waals surface area (Å²) in [6.07, 6.45) is 6.05. The van der Waals surface area contributed by atoms with Crippen molar-refractivity contribution in [2.45, 2.75) is 33.6 Å². The molecular weight excluding hydrogens is 148 g/mol. The molecule has 0 saturated heterocycles. The van der Waals surface area contributed by atoms with Crippen LogP contribution in [0.1, 0.15) is 32.9 Å². The average molecular weight is 166 g/mol. The number of aromatic amines is 1. The Labute approximate surface area is 74.4 Å². The van der Waals surface area contributed by atoms with Gasteiger partial charge in [-0.2, -0.15) is 0 Å². The number of nitrogens with one attached hydrogen (secondary N) is 1. The first-order valence-electron chi connectivity index (χ1n) is 4.71. The highest BCUT2D eigenvalue weighted by Crippen LogP contribution is 2.18. The molecule has 2 heteroatoms. The average Bonchev–Trinajstić information content (AvgIpc) is 2.51. The Morgan fingerprint density at radius 1 is 1.50 bits per heavy atom. The molecule has 0 aliphatic heterocycles. The molecular formula is C10H18N2. The van der Waals surface area contributed by atoms with E-state index in [0.29, 0.717) is 0 Å². The molecule has 1 atom stereocenters. The second-order valence-electron chi connectivity index (χ2n) is 3.69. The number of H-pyrrole nitrogens is 1. The van der Waals surface area contributed by atoms with Crippen molar-refractivity contribution in [3.63, 3.8) is 0 Å². The van der Waals surface area contributed by atoms with Gasteiger partial charge in [-0.3, -0.25) is 0 Å². The molecule has 0 spiro atoms. The minimum atomic E-state index is 0.762. The van der Waals surface area contributed by atoms with Crippen LogP contribution in [0.3, 0.4) is 0 Å². The Morgan fingerprint density at radius 2 is 2.25 bits per heavy atom. The summed E-state index contributed by atoms with van der Waals surface area (Å²) in [7, 11) is 0. The zero-order valence-electron chi connectivity index (χ0n) is 8.17. The third kappa shape index (κ3) is 2.36. The van der Waals surface area contributed by atoms with Crippen LogP contribution in [0.25, 0.3) is 0 Å². The molecule has 0 bridgehead atoms. The molecule has 2 nitrogen and oxygen atoms in total. The standard InChI is InChI=1S/C10H18N2/c1-4-9(8(2)3)5-10-6-11-7-12-10/h6-9H,4-5H2,1-3H3,(H,11,12). The highest BCUT2D eigenvalue weighted by molar-refractivity contribution is 4.95. The molecule has 0 aliphatic carbocycles. The summed E-state index contributed by atoms with van der Waals surface area (Å²) in [6.45, 7) is 6.82. The first-order chi connectivity index (χ1) is 5.74. The van der Waals surface area contributed by atoms with Gasteiger partial charge < -0.3 is 4.98 Å². The minimum absolute atomic E-state index is 0.762. The van der Waals surface area contributed by atoms with E-state index in [-0.39, 0.29) is 0 Å². The van der Waals surface area contributed by atoms with Gasteiger partial charge in [-0.1, -0.05) is 27.2 Å². The van der Waals surface area contributed by atoms with Gasteiger partial charge in [0.25, 0.3) is 0 Å². The lowest BCUT2D eigenvalue weighted by atomic mass is 9.89. The van der Waals surface area contributed by atoms with Crippen molar-refractivity contribution in [1.82, 2.24) is 9.97 Å². The van der Waals surface area contributed by atoms with Gasteiger partial charge in [0.2, 0.25) is 0 Å². The van der Waals surface area contributed by atoms with Crippen molar-refractivity contribution in [3.05, 3.63) is 18.2 Å². The Bertz CT molecular complexity index is 202. The summed E-state index contributed by atoms with van der Waals surface area (Å²) in [5, 5.41) is 0. The van der Waals surface area contributed by atoms with Crippen molar-refractivity contribution in [2.24, 2.45) is 11.8 Å². The van der Waals surface area contributed by atoms with Gasteiger partial charge in [0.15, 0.2) is 0 Å². The number of imidazole rings is 1. The van der Waals surface area contributed by atoms with Gasteiger partial charge >= 0.3 is 0 Å². The second-order valence-corrected chi connectivity index (χ2v) is 3.69. The van der Waals surface area contributed by atoms with E-state index in [1.54, 1.807) is 6.33 Å². The molecule has 1 N–H and O–H groups in total. The summed E-state index contributed by atoms with van der Waals surface area (Å²) in [5.41, 5.74) is 1.26. The molecule has 0 saturated carbocycles. The Kier molecular flexibility index (Phi) is 3.32. The molecule has 0 aromatic carbocycles. The van der Waals surface area contributed by atoms with Crippen molar-refractivity contribution < 1.29 is 0 Å². The highest BCUT2D eigenvalue weighted by Gasteiger charge is 2.11. The predicted molar refractivity (Wildman–Crippen MR) is 50.9 cm³/mol. The van der Waals surface area contributed by atoms with Crippen molar-refractivity contribution in [1.29, 1.82) is 0 Å². The van der Waals surface area contributed by atoms with E-state index in [4.69, 9.17) is 0 Å². The smallest absolute Gasteiger partial charge is 0.0921 e. The molecule has 1 aromatic rings. The van der Waals surface area contributed by atoms with Crippen molar-refractivity contribution in [3.8, 4) is 0 Å². The van der Waals surface area contributed by atoms with E-state index < -0.39 is 0 Å². The lowest BCUT2D eigenvalue weighted by Gasteiger charge is -2.17. The van der Waals surface area contributed by atoms with Gasteiger partial charge in [-0.25, -0.2) is 4.98 Å². The Hall–Kier alpha value is -0.790. The maximum Gasteiger partial charge on any atom is 0.0921 e. The van der Waals surface area contributed by atoms with Gasteiger partial charge in [0.1, 0.15) is 0 Å². The summed E-state index contributed by atoms with van der Waals surface area (Å²) in [6, 6.07) is 0. The molecule has 1 unspecified atom stereocenters. The van der Waals surface area contributed by atoms with E-state index in [9.17, 15) is 0 Å². The molecule has 0 aliphatic rings. The zero-order valence-corrected chi connectivity index (χ0v) is 8.17. The Morgan fingerprint density at radius 3 is 2.67 bits per heavy atom. The van der Waals surface area contributed by atoms with Gasteiger partial charge in [-0.05, 0) is 18.3 Å². The number of aromatic nitrogens is 2. The third-order valence-electron chi connectivity index (χ3n) is 2.50. The SMILES string of the molecule is CCC(Cc1cnc[nH]1)C(C)C. The van der Waals surface area contributed by atoms with Crippen LogP contribution < -0.4 is 0 Å². The fraction of sp³-hybridized carbons (Fsp3) is 0.700. The molecule has 1 aromatic heterocycles. The monoisotopic (exact) mass is 166 g/mol. The first-order valence-corrected chi connectivity index (χ1v) is 4.71. The fourth-order valence-corrected chi connectivity index (χ4v) is 1.53. The minimum Gasteiger partial charge on any atom is -0.348 e. The number of rotatable bonds is 4. The summed E-state index contributed by atoms with van der Waals surface area (Å²) < 4.78 is 0. The van der Waals surface area contributed by atoms with Crippen LogP contribution in [0, 0.1) is 11.8 Å². The largest absolute Gasteiger partial charge is 0.348 e. The fourth-order valence-electron chi connectivity index (χ4n) is 1.53. The van der Waals surface area contributed by atoms with E-state index in [0.717, 1.165) is 18.3 Å². The summed E-state index contributed by atoms with van der Waals surface area (Å²) >= 11 is 0. The van der Waals surface area contributed by atoms with Gasteiger partial charge in [0.05, 0.1) is 6.33 Å². The van der Waals surface area contributed by atoms with Crippen molar-refractivity contribution >= 4 is 0 Å². The van der Waals surface area contributed by atoms with Gasteiger partial charge in [-0.15, -0.1) is 0 Å². The Balaban J connectivity index is 2.48. The maximum atomic E-state index is 4.01. The number of nitrogens with zero attached hydrogens (tertiary/aromatic N) is 1. The zero-order chi connectivity index (χ0) is 8.97. The highest BCUT2D eigenvalue weighted by atomic mass is 14.9. The van der Waals surface area contributed by atoms with Crippen molar-refractivity contribution in [2.75, 3.05) is 0 Å². The molecule has 0 radical (unpaired) electrons. The molecule has 0 amide bonds. The van der Waals surface area contributed by atoms with Gasteiger partial charge in [0, 0.05) is 11.9 Å². The molecule has 1 heterocycles. The molecule has 1 rings (SSSR count). The lowest BCUT2D eigenvalue weighted by Crippen LogP contribution is -2.10. The topological polar surface area (TPSA) is 28.7 Å².